The van der Waals surface area contributed by atoms with Crippen LogP contribution in [-0.4, -0.2) is 30.5 Å². The molecule has 0 saturated heterocycles. The fraction of sp³-hybridized carbons (Fsp3) is 0.250. The van der Waals surface area contributed by atoms with Crippen molar-refractivity contribution in [1.29, 1.82) is 0 Å². The monoisotopic (exact) mass is 352 g/mol. The first-order valence-corrected chi connectivity index (χ1v) is 8.27. The van der Waals surface area contributed by atoms with Crippen LogP contribution in [0, 0.1) is 17.0 Å². The van der Waals surface area contributed by atoms with Crippen LogP contribution in [-0.2, 0) is 11.3 Å². The summed E-state index contributed by atoms with van der Waals surface area (Å²) in [6.07, 6.45) is 2.39. The number of allylic oxidation sites excluding steroid dienone is 1. The molecule has 26 heavy (non-hydrogen) atoms. The van der Waals surface area contributed by atoms with Crippen molar-refractivity contribution < 1.29 is 14.4 Å². The predicted molar refractivity (Wildman–Crippen MR) is 100 cm³/mol. The molecule has 1 heterocycles. The van der Waals surface area contributed by atoms with Crippen LogP contribution in [0.1, 0.15) is 16.7 Å². The Hall–Kier alpha value is -2.99. The number of rotatable bonds is 6. The zero-order valence-corrected chi connectivity index (χ0v) is 14.7. The van der Waals surface area contributed by atoms with Crippen LogP contribution in [0.5, 0.6) is 5.75 Å². The molecule has 2 aromatic rings. The number of methoxy groups -OCH3 is 1. The van der Waals surface area contributed by atoms with Crippen LogP contribution in [0.3, 0.4) is 0 Å². The quantitative estimate of drug-likeness (QED) is 0.587. The molecule has 0 radical (unpaired) electrons. The Balaban J connectivity index is 1.85. The van der Waals surface area contributed by atoms with Gasteiger partial charge >= 0.3 is 0 Å². The zero-order chi connectivity index (χ0) is 18.5. The highest BCUT2D eigenvalue weighted by atomic mass is 16.6. The van der Waals surface area contributed by atoms with E-state index in [-0.39, 0.29) is 11.5 Å². The van der Waals surface area contributed by atoms with Crippen molar-refractivity contribution in [3.05, 3.63) is 81.4 Å². The molecule has 0 N–H and O–H groups in total. The molecule has 0 amide bonds. The van der Waals surface area contributed by atoms with Gasteiger partial charge in [-0.2, -0.15) is 0 Å². The number of aliphatic imine (C=N–C) groups is 1. The van der Waals surface area contributed by atoms with E-state index in [0.717, 1.165) is 16.7 Å². The summed E-state index contributed by atoms with van der Waals surface area (Å²) in [6, 6.07) is 14.0. The van der Waals surface area contributed by atoms with Crippen molar-refractivity contribution in [3.63, 3.8) is 0 Å². The van der Waals surface area contributed by atoms with E-state index in [4.69, 9.17) is 9.47 Å². The molecule has 2 unspecified atom stereocenters. The van der Waals surface area contributed by atoms with Gasteiger partial charge in [-0.05, 0) is 41.8 Å². The minimum atomic E-state index is -1.06. The summed E-state index contributed by atoms with van der Waals surface area (Å²) in [6.45, 7) is 2.17. The zero-order valence-electron chi connectivity index (χ0n) is 14.7. The lowest BCUT2D eigenvalue weighted by Gasteiger charge is -2.24. The SMILES string of the molecule is COc1ccc(C2=CC=NC(OCc3ccccc3)C2[N+](=O)[O-])c(C)c1. The van der Waals surface area contributed by atoms with E-state index in [0.29, 0.717) is 11.3 Å². The van der Waals surface area contributed by atoms with E-state index >= 15 is 0 Å². The minimum Gasteiger partial charge on any atom is -0.497 e. The fourth-order valence-electron chi connectivity index (χ4n) is 2.99. The van der Waals surface area contributed by atoms with Crippen LogP contribution >= 0.6 is 0 Å². The van der Waals surface area contributed by atoms with E-state index in [1.807, 2.05) is 49.4 Å². The molecule has 2 aromatic carbocycles. The van der Waals surface area contributed by atoms with Gasteiger partial charge in [-0.3, -0.25) is 15.1 Å². The number of ether oxygens (including phenoxy) is 2. The smallest absolute Gasteiger partial charge is 0.284 e. The third kappa shape index (κ3) is 3.81. The lowest BCUT2D eigenvalue weighted by Crippen LogP contribution is -2.37. The Morgan fingerprint density at radius 2 is 1.96 bits per heavy atom. The molecule has 0 bridgehead atoms. The van der Waals surface area contributed by atoms with Crippen molar-refractivity contribution in [2.45, 2.75) is 25.8 Å². The summed E-state index contributed by atoms with van der Waals surface area (Å²) in [4.78, 5) is 15.6. The molecule has 3 rings (SSSR count). The Bertz CT molecular complexity index is 846. The molecule has 6 nitrogen and oxygen atoms in total. The molecule has 6 heteroatoms. The second-order valence-corrected chi connectivity index (χ2v) is 6.02. The second kappa shape index (κ2) is 7.93. The maximum atomic E-state index is 11.8. The first kappa shape index (κ1) is 17.8. The molecule has 0 fully saturated rings. The first-order chi connectivity index (χ1) is 12.6. The molecule has 1 aliphatic rings. The van der Waals surface area contributed by atoms with Gasteiger partial charge in [-0.1, -0.05) is 36.4 Å². The van der Waals surface area contributed by atoms with Crippen molar-refractivity contribution in [2.24, 2.45) is 4.99 Å². The Labute approximate surface area is 151 Å². The number of aryl methyl sites for hydroxylation is 1. The van der Waals surface area contributed by atoms with Gasteiger partial charge in [0.1, 0.15) is 5.75 Å². The Morgan fingerprint density at radius 1 is 1.19 bits per heavy atom. The predicted octanol–water partition coefficient (Wildman–Crippen LogP) is 3.66. The molecule has 134 valence electrons. The molecule has 1 aliphatic heterocycles. The van der Waals surface area contributed by atoms with E-state index in [2.05, 4.69) is 4.99 Å². The summed E-state index contributed by atoms with van der Waals surface area (Å²) in [7, 11) is 1.59. The average Bonchev–Trinajstić information content (AvgIpc) is 2.66. The van der Waals surface area contributed by atoms with Gasteiger partial charge in [-0.25, -0.2) is 0 Å². The number of nitrogens with zero attached hydrogens (tertiary/aromatic N) is 2. The van der Waals surface area contributed by atoms with Crippen molar-refractivity contribution >= 4 is 11.8 Å². The molecule has 2 atom stereocenters. The fourth-order valence-corrected chi connectivity index (χ4v) is 2.99. The third-order valence-corrected chi connectivity index (χ3v) is 4.31. The van der Waals surface area contributed by atoms with Gasteiger partial charge < -0.3 is 9.47 Å². The Morgan fingerprint density at radius 3 is 2.62 bits per heavy atom. The number of hydrogen-bond donors (Lipinski definition) is 0. The molecule has 0 aliphatic carbocycles. The van der Waals surface area contributed by atoms with Crippen LogP contribution in [0.15, 0.2) is 59.6 Å². The highest BCUT2D eigenvalue weighted by Crippen LogP contribution is 2.31. The topological polar surface area (TPSA) is 74.0 Å². The van der Waals surface area contributed by atoms with E-state index < -0.39 is 12.3 Å². The normalized spacial score (nSPS) is 19.1. The van der Waals surface area contributed by atoms with Crippen molar-refractivity contribution in [3.8, 4) is 5.75 Å². The Kier molecular flexibility index (Phi) is 5.43. The molecular formula is C20H20N2O4. The number of hydrogen-bond acceptors (Lipinski definition) is 5. The molecular weight excluding hydrogens is 332 g/mol. The number of benzene rings is 2. The standard InChI is InChI=1S/C20H20N2O4/c1-14-12-16(25-2)8-9-17(14)18-10-11-21-20(19(18)22(23)24)26-13-15-6-4-3-5-7-15/h3-12,19-20H,13H2,1-2H3. The highest BCUT2D eigenvalue weighted by Gasteiger charge is 2.38. The highest BCUT2D eigenvalue weighted by molar-refractivity contribution is 5.89. The van der Waals surface area contributed by atoms with Crippen molar-refractivity contribution in [2.75, 3.05) is 7.11 Å². The van der Waals surface area contributed by atoms with Crippen LogP contribution in [0.25, 0.3) is 5.57 Å². The van der Waals surface area contributed by atoms with E-state index in [9.17, 15) is 10.1 Å². The van der Waals surface area contributed by atoms with Gasteiger partial charge in [0.15, 0.2) is 0 Å². The lowest BCUT2D eigenvalue weighted by atomic mass is 9.92. The number of nitro groups is 1. The summed E-state index contributed by atoms with van der Waals surface area (Å²) in [5.74, 6) is 0.714. The minimum absolute atomic E-state index is 0.266. The van der Waals surface area contributed by atoms with Gasteiger partial charge in [0.2, 0.25) is 6.23 Å². The van der Waals surface area contributed by atoms with Gasteiger partial charge in [-0.15, -0.1) is 0 Å². The summed E-state index contributed by atoms with van der Waals surface area (Å²) < 4.78 is 11.0. The molecule has 0 saturated carbocycles. The second-order valence-electron chi connectivity index (χ2n) is 6.02. The summed E-state index contributed by atoms with van der Waals surface area (Å²) >= 11 is 0. The summed E-state index contributed by atoms with van der Waals surface area (Å²) in [5.41, 5.74) is 3.23. The third-order valence-electron chi connectivity index (χ3n) is 4.31. The molecule has 0 spiro atoms. The summed E-state index contributed by atoms with van der Waals surface area (Å²) in [5, 5.41) is 11.8. The van der Waals surface area contributed by atoms with Crippen LogP contribution < -0.4 is 4.74 Å². The van der Waals surface area contributed by atoms with Crippen LogP contribution in [0.4, 0.5) is 0 Å². The molecule has 0 aromatic heterocycles. The maximum Gasteiger partial charge on any atom is 0.284 e. The van der Waals surface area contributed by atoms with Gasteiger partial charge in [0, 0.05) is 16.7 Å². The average molecular weight is 352 g/mol. The number of dihydropyridines is 1. The van der Waals surface area contributed by atoms with E-state index in [1.54, 1.807) is 25.5 Å². The first-order valence-electron chi connectivity index (χ1n) is 8.27. The van der Waals surface area contributed by atoms with Crippen LogP contribution in [0.2, 0.25) is 0 Å². The maximum absolute atomic E-state index is 11.8. The van der Waals surface area contributed by atoms with Crippen molar-refractivity contribution in [1.82, 2.24) is 0 Å². The van der Waals surface area contributed by atoms with E-state index in [1.165, 1.54) is 0 Å². The lowest BCUT2D eigenvalue weighted by molar-refractivity contribution is -0.518. The van der Waals surface area contributed by atoms with Gasteiger partial charge in [0.05, 0.1) is 13.7 Å². The largest absolute Gasteiger partial charge is 0.497 e. The van der Waals surface area contributed by atoms with Gasteiger partial charge in [0.25, 0.3) is 6.04 Å².